The van der Waals surface area contributed by atoms with Crippen LogP contribution >= 0.6 is 11.8 Å². The van der Waals surface area contributed by atoms with Crippen molar-refractivity contribution >= 4 is 23.4 Å². The Labute approximate surface area is 153 Å². The largest absolute Gasteiger partial charge is 0.372 e. The first-order chi connectivity index (χ1) is 12.3. The standard InChI is InChI=1S/C20H24N2O2S/c23-20(12-19-15-25-11-10-21-19)22-18-8-6-17(7-9-18)14-24-13-16-4-2-1-3-5-16/h1-9,19,21H,10-15H2,(H,22,23). The van der Waals surface area contributed by atoms with Gasteiger partial charge in [0.2, 0.25) is 5.91 Å². The van der Waals surface area contributed by atoms with E-state index in [2.05, 4.69) is 22.8 Å². The van der Waals surface area contributed by atoms with Crippen molar-refractivity contribution in [1.82, 2.24) is 5.32 Å². The Morgan fingerprint density at radius 2 is 1.80 bits per heavy atom. The molecule has 0 bridgehead atoms. The van der Waals surface area contributed by atoms with Gasteiger partial charge in [-0.25, -0.2) is 0 Å². The third-order valence-corrected chi connectivity index (χ3v) is 5.18. The molecule has 0 aromatic heterocycles. The molecule has 3 rings (SSSR count). The highest BCUT2D eigenvalue weighted by molar-refractivity contribution is 7.99. The molecule has 25 heavy (non-hydrogen) atoms. The third-order valence-electron chi connectivity index (χ3n) is 4.05. The molecule has 1 amide bonds. The molecule has 132 valence electrons. The number of hydrogen-bond donors (Lipinski definition) is 2. The maximum Gasteiger partial charge on any atom is 0.225 e. The van der Waals surface area contributed by atoms with Crippen molar-refractivity contribution in [1.29, 1.82) is 0 Å². The van der Waals surface area contributed by atoms with Crippen LogP contribution in [0.3, 0.4) is 0 Å². The maximum atomic E-state index is 12.1. The van der Waals surface area contributed by atoms with Gasteiger partial charge in [-0.1, -0.05) is 42.5 Å². The van der Waals surface area contributed by atoms with Crippen LogP contribution in [0, 0.1) is 0 Å². The van der Waals surface area contributed by atoms with Gasteiger partial charge in [0.25, 0.3) is 0 Å². The van der Waals surface area contributed by atoms with E-state index in [4.69, 9.17) is 4.74 Å². The highest BCUT2D eigenvalue weighted by Crippen LogP contribution is 2.14. The summed E-state index contributed by atoms with van der Waals surface area (Å²) in [4.78, 5) is 12.1. The monoisotopic (exact) mass is 356 g/mol. The van der Waals surface area contributed by atoms with E-state index in [1.807, 2.05) is 54.2 Å². The van der Waals surface area contributed by atoms with Crippen LogP contribution in [-0.2, 0) is 22.7 Å². The minimum Gasteiger partial charge on any atom is -0.372 e. The first kappa shape index (κ1) is 18.0. The Morgan fingerprint density at radius 3 is 2.48 bits per heavy atom. The summed E-state index contributed by atoms with van der Waals surface area (Å²) in [6, 6.07) is 18.3. The fourth-order valence-corrected chi connectivity index (χ4v) is 3.68. The van der Waals surface area contributed by atoms with E-state index in [-0.39, 0.29) is 11.9 Å². The average Bonchev–Trinajstić information content (AvgIpc) is 2.65. The summed E-state index contributed by atoms with van der Waals surface area (Å²) in [5.74, 6) is 2.20. The number of anilines is 1. The zero-order chi connectivity index (χ0) is 17.3. The van der Waals surface area contributed by atoms with E-state index in [1.165, 1.54) is 5.56 Å². The molecule has 1 atom stereocenters. The van der Waals surface area contributed by atoms with E-state index in [0.717, 1.165) is 29.3 Å². The molecule has 2 aromatic rings. The van der Waals surface area contributed by atoms with Gasteiger partial charge < -0.3 is 15.4 Å². The predicted octanol–water partition coefficient (Wildman–Crippen LogP) is 3.44. The Hall–Kier alpha value is -1.82. The quantitative estimate of drug-likeness (QED) is 0.798. The molecule has 0 radical (unpaired) electrons. The van der Waals surface area contributed by atoms with Gasteiger partial charge in [0.1, 0.15) is 0 Å². The molecule has 1 heterocycles. The number of carbonyl (C=O) groups excluding carboxylic acids is 1. The summed E-state index contributed by atoms with van der Waals surface area (Å²) >= 11 is 1.90. The fourth-order valence-electron chi connectivity index (χ4n) is 2.73. The Bertz CT molecular complexity index is 655. The minimum absolute atomic E-state index is 0.0630. The van der Waals surface area contributed by atoms with E-state index in [0.29, 0.717) is 19.6 Å². The van der Waals surface area contributed by atoms with Crippen molar-refractivity contribution in [3.8, 4) is 0 Å². The second-order valence-corrected chi connectivity index (χ2v) is 7.30. The molecule has 0 aliphatic carbocycles. The predicted molar refractivity (Wildman–Crippen MR) is 104 cm³/mol. The number of benzene rings is 2. The second-order valence-electron chi connectivity index (χ2n) is 6.15. The summed E-state index contributed by atoms with van der Waals surface area (Å²) in [5, 5.41) is 6.35. The first-order valence-corrected chi connectivity index (χ1v) is 9.76. The first-order valence-electron chi connectivity index (χ1n) is 8.61. The van der Waals surface area contributed by atoms with E-state index in [9.17, 15) is 4.79 Å². The average molecular weight is 356 g/mol. The van der Waals surface area contributed by atoms with Gasteiger partial charge in [-0.05, 0) is 23.3 Å². The highest BCUT2D eigenvalue weighted by atomic mass is 32.2. The van der Waals surface area contributed by atoms with Gasteiger partial charge >= 0.3 is 0 Å². The summed E-state index contributed by atoms with van der Waals surface area (Å²) in [7, 11) is 0. The van der Waals surface area contributed by atoms with Crippen molar-refractivity contribution in [2.45, 2.75) is 25.7 Å². The second kappa shape index (κ2) is 9.61. The van der Waals surface area contributed by atoms with Crippen LogP contribution in [-0.4, -0.2) is 30.0 Å². The molecule has 1 fully saturated rings. The molecule has 0 saturated carbocycles. The number of thioether (sulfide) groups is 1. The normalized spacial score (nSPS) is 17.2. The zero-order valence-electron chi connectivity index (χ0n) is 14.2. The molecule has 1 aliphatic rings. The molecular formula is C20H24N2O2S. The lowest BCUT2D eigenvalue weighted by Crippen LogP contribution is -2.39. The highest BCUT2D eigenvalue weighted by Gasteiger charge is 2.16. The lowest BCUT2D eigenvalue weighted by Gasteiger charge is -2.22. The number of nitrogens with one attached hydrogen (secondary N) is 2. The van der Waals surface area contributed by atoms with Gasteiger partial charge in [-0.15, -0.1) is 0 Å². The molecule has 4 nitrogen and oxygen atoms in total. The summed E-state index contributed by atoms with van der Waals surface area (Å²) < 4.78 is 5.73. The van der Waals surface area contributed by atoms with Gasteiger partial charge in [-0.2, -0.15) is 11.8 Å². The number of rotatable bonds is 7. The van der Waals surface area contributed by atoms with Crippen molar-refractivity contribution in [3.05, 3.63) is 65.7 Å². The van der Waals surface area contributed by atoms with E-state index < -0.39 is 0 Å². The Morgan fingerprint density at radius 1 is 1.08 bits per heavy atom. The molecule has 2 aromatic carbocycles. The van der Waals surface area contributed by atoms with Crippen LogP contribution in [0.1, 0.15) is 17.5 Å². The molecule has 0 spiro atoms. The van der Waals surface area contributed by atoms with E-state index >= 15 is 0 Å². The number of amides is 1. The Kier molecular flexibility index (Phi) is 6.91. The van der Waals surface area contributed by atoms with Crippen LogP contribution in [0.5, 0.6) is 0 Å². The van der Waals surface area contributed by atoms with Gasteiger partial charge in [0.15, 0.2) is 0 Å². The lowest BCUT2D eigenvalue weighted by molar-refractivity contribution is -0.116. The van der Waals surface area contributed by atoms with E-state index in [1.54, 1.807) is 0 Å². The van der Waals surface area contributed by atoms with Gasteiger partial charge in [0.05, 0.1) is 13.2 Å². The summed E-state index contributed by atoms with van der Waals surface area (Å²) in [6.07, 6.45) is 0.523. The molecule has 5 heteroatoms. The van der Waals surface area contributed by atoms with Gasteiger partial charge in [0, 0.05) is 36.2 Å². The van der Waals surface area contributed by atoms with Crippen molar-refractivity contribution in [3.63, 3.8) is 0 Å². The molecule has 1 unspecified atom stereocenters. The topological polar surface area (TPSA) is 50.4 Å². The lowest BCUT2D eigenvalue weighted by atomic mass is 10.2. The van der Waals surface area contributed by atoms with Crippen molar-refractivity contribution in [2.75, 3.05) is 23.4 Å². The van der Waals surface area contributed by atoms with Crippen molar-refractivity contribution < 1.29 is 9.53 Å². The summed E-state index contributed by atoms with van der Waals surface area (Å²) in [6.45, 7) is 2.15. The number of carbonyl (C=O) groups is 1. The maximum absolute atomic E-state index is 12.1. The van der Waals surface area contributed by atoms with Crippen molar-refractivity contribution in [2.24, 2.45) is 0 Å². The molecule has 2 N–H and O–H groups in total. The fraction of sp³-hybridized carbons (Fsp3) is 0.350. The van der Waals surface area contributed by atoms with Gasteiger partial charge in [-0.3, -0.25) is 4.79 Å². The van der Waals surface area contributed by atoms with Crippen LogP contribution < -0.4 is 10.6 Å². The zero-order valence-corrected chi connectivity index (χ0v) is 15.1. The number of hydrogen-bond acceptors (Lipinski definition) is 4. The smallest absolute Gasteiger partial charge is 0.225 e. The van der Waals surface area contributed by atoms with Crippen LogP contribution in [0.25, 0.3) is 0 Å². The minimum atomic E-state index is 0.0630. The number of ether oxygens (including phenoxy) is 1. The molecular weight excluding hydrogens is 332 g/mol. The SMILES string of the molecule is O=C(CC1CSCCN1)Nc1ccc(COCc2ccccc2)cc1. The van der Waals surface area contributed by atoms with Crippen LogP contribution in [0.2, 0.25) is 0 Å². The summed E-state index contributed by atoms with van der Waals surface area (Å²) in [5.41, 5.74) is 3.10. The third kappa shape index (κ3) is 6.20. The van der Waals surface area contributed by atoms with Crippen LogP contribution in [0.4, 0.5) is 5.69 Å². The Balaban J connectivity index is 1.41. The molecule has 1 aliphatic heterocycles. The van der Waals surface area contributed by atoms with Crippen LogP contribution in [0.15, 0.2) is 54.6 Å². The molecule has 1 saturated heterocycles.